The molecule has 27 heavy (non-hydrogen) atoms. The lowest BCUT2D eigenvalue weighted by Gasteiger charge is -2.35. The van der Waals surface area contributed by atoms with Crippen molar-refractivity contribution in [1.82, 2.24) is 29.6 Å². The normalized spacial score (nSPS) is 19.2. The lowest BCUT2D eigenvalue weighted by Crippen LogP contribution is -2.50. The summed E-state index contributed by atoms with van der Waals surface area (Å²) in [6.07, 6.45) is 2.29. The molecule has 0 radical (unpaired) electrons. The quantitative estimate of drug-likeness (QED) is 0.807. The van der Waals surface area contributed by atoms with Gasteiger partial charge in [-0.1, -0.05) is 20.8 Å². The van der Waals surface area contributed by atoms with Crippen LogP contribution in [-0.2, 0) is 10.2 Å². The summed E-state index contributed by atoms with van der Waals surface area (Å²) in [6, 6.07) is 4.00. The number of likely N-dealkylation sites (tertiary alicyclic amines) is 1. The van der Waals surface area contributed by atoms with E-state index in [0.29, 0.717) is 6.54 Å². The highest BCUT2D eigenvalue weighted by Gasteiger charge is 2.25. The topological polar surface area (TPSA) is 69.9 Å². The van der Waals surface area contributed by atoms with E-state index >= 15 is 0 Å². The van der Waals surface area contributed by atoms with Crippen LogP contribution < -0.4 is 4.90 Å². The van der Waals surface area contributed by atoms with Crippen LogP contribution in [0.15, 0.2) is 12.1 Å². The molecule has 1 amide bonds. The summed E-state index contributed by atoms with van der Waals surface area (Å²) in [5.41, 5.74) is 0.665. The minimum atomic E-state index is -0.111. The molecule has 0 atom stereocenters. The van der Waals surface area contributed by atoms with Gasteiger partial charge in [-0.15, -0.1) is 15.3 Å². The van der Waals surface area contributed by atoms with E-state index in [-0.39, 0.29) is 11.3 Å². The molecule has 0 aromatic carbocycles. The van der Waals surface area contributed by atoms with E-state index in [0.717, 1.165) is 69.4 Å². The first-order valence-electron chi connectivity index (χ1n) is 9.90. The Morgan fingerprint density at radius 2 is 1.70 bits per heavy atom. The Hall–Kier alpha value is -2.22. The molecule has 4 heterocycles. The molecule has 0 aliphatic carbocycles. The van der Waals surface area contributed by atoms with Crippen molar-refractivity contribution >= 4 is 17.4 Å². The van der Waals surface area contributed by atoms with Gasteiger partial charge < -0.3 is 9.80 Å². The molecular formula is C19H29N7O. The third-order valence-corrected chi connectivity index (χ3v) is 5.43. The van der Waals surface area contributed by atoms with Crippen LogP contribution in [0.1, 0.15) is 39.4 Å². The molecule has 2 aromatic heterocycles. The number of anilines is 1. The summed E-state index contributed by atoms with van der Waals surface area (Å²) < 4.78 is 1.86. The number of carbonyl (C=O) groups is 1. The number of rotatable bonds is 3. The molecule has 0 N–H and O–H groups in total. The van der Waals surface area contributed by atoms with E-state index in [1.54, 1.807) is 0 Å². The van der Waals surface area contributed by atoms with Crippen LogP contribution >= 0.6 is 0 Å². The van der Waals surface area contributed by atoms with Gasteiger partial charge in [-0.3, -0.25) is 9.69 Å². The predicted molar refractivity (Wildman–Crippen MR) is 104 cm³/mol. The Bertz CT molecular complexity index is 811. The predicted octanol–water partition coefficient (Wildman–Crippen LogP) is 1.17. The van der Waals surface area contributed by atoms with Crippen LogP contribution in [0.2, 0.25) is 0 Å². The number of hydrogen-bond acceptors (Lipinski definition) is 6. The maximum absolute atomic E-state index is 12.4. The van der Waals surface area contributed by atoms with E-state index < -0.39 is 0 Å². The van der Waals surface area contributed by atoms with Gasteiger partial charge in [0.2, 0.25) is 5.91 Å². The molecule has 2 fully saturated rings. The summed E-state index contributed by atoms with van der Waals surface area (Å²) in [4.78, 5) is 18.9. The first-order valence-corrected chi connectivity index (χ1v) is 9.90. The van der Waals surface area contributed by atoms with Crippen molar-refractivity contribution in [2.24, 2.45) is 0 Å². The van der Waals surface area contributed by atoms with Crippen LogP contribution in [0.4, 0.5) is 5.82 Å². The lowest BCUT2D eigenvalue weighted by molar-refractivity contribution is -0.131. The Morgan fingerprint density at radius 1 is 1.00 bits per heavy atom. The summed E-state index contributed by atoms with van der Waals surface area (Å²) in [5, 5.41) is 13.4. The van der Waals surface area contributed by atoms with Crippen LogP contribution in [0, 0.1) is 0 Å². The second-order valence-electron chi connectivity index (χ2n) is 8.59. The second-order valence-corrected chi connectivity index (χ2v) is 8.59. The first-order chi connectivity index (χ1) is 12.9. The molecule has 2 saturated heterocycles. The van der Waals surface area contributed by atoms with Gasteiger partial charge in [0.1, 0.15) is 5.82 Å². The average Bonchev–Trinajstić information content (AvgIpc) is 3.31. The van der Waals surface area contributed by atoms with Crippen LogP contribution in [0.5, 0.6) is 0 Å². The average molecular weight is 371 g/mol. The summed E-state index contributed by atoms with van der Waals surface area (Å²) >= 11 is 0. The van der Waals surface area contributed by atoms with Crippen molar-refractivity contribution in [2.75, 3.05) is 50.7 Å². The molecule has 4 rings (SSSR count). The van der Waals surface area contributed by atoms with Crippen molar-refractivity contribution in [1.29, 1.82) is 0 Å². The van der Waals surface area contributed by atoms with Crippen molar-refractivity contribution in [3.63, 3.8) is 0 Å². The van der Waals surface area contributed by atoms with Gasteiger partial charge in [0.05, 0.1) is 6.54 Å². The Balaban J connectivity index is 1.41. The number of hydrogen-bond donors (Lipinski definition) is 0. The number of nitrogens with zero attached hydrogens (tertiary/aromatic N) is 7. The lowest BCUT2D eigenvalue weighted by atomic mass is 9.96. The third kappa shape index (κ3) is 3.76. The highest BCUT2D eigenvalue weighted by atomic mass is 16.2. The van der Waals surface area contributed by atoms with E-state index in [1.807, 2.05) is 21.5 Å². The van der Waals surface area contributed by atoms with Crippen molar-refractivity contribution in [3.8, 4) is 0 Å². The second kappa shape index (κ2) is 7.07. The molecular weight excluding hydrogens is 342 g/mol. The maximum Gasteiger partial charge on any atom is 0.236 e. The van der Waals surface area contributed by atoms with Gasteiger partial charge in [0, 0.05) is 44.7 Å². The number of piperazine rings is 1. The molecule has 146 valence electrons. The van der Waals surface area contributed by atoms with Gasteiger partial charge in [-0.25, -0.2) is 0 Å². The highest BCUT2D eigenvalue weighted by Crippen LogP contribution is 2.22. The van der Waals surface area contributed by atoms with Gasteiger partial charge >= 0.3 is 0 Å². The minimum Gasteiger partial charge on any atom is -0.353 e. The maximum atomic E-state index is 12.4. The summed E-state index contributed by atoms with van der Waals surface area (Å²) in [5.74, 6) is 2.09. The molecule has 0 saturated carbocycles. The van der Waals surface area contributed by atoms with Gasteiger partial charge in [-0.2, -0.15) is 4.52 Å². The van der Waals surface area contributed by atoms with E-state index in [4.69, 9.17) is 5.10 Å². The summed E-state index contributed by atoms with van der Waals surface area (Å²) in [7, 11) is 0. The molecule has 2 aromatic rings. The van der Waals surface area contributed by atoms with E-state index in [1.165, 1.54) is 0 Å². The Kier molecular flexibility index (Phi) is 4.75. The van der Waals surface area contributed by atoms with Crippen LogP contribution in [-0.4, -0.2) is 81.3 Å². The summed E-state index contributed by atoms with van der Waals surface area (Å²) in [6.45, 7) is 12.3. The third-order valence-electron chi connectivity index (χ3n) is 5.43. The van der Waals surface area contributed by atoms with Gasteiger partial charge in [0.25, 0.3) is 0 Å². The largest absolute Gasteiger partial charge is 0.353 e. The number of amides is 1. The molecule has 0 bridgehead atoms. The number of aromatic nitrogens is 4. The highest BCUT2D eigenvalue weighted by molar-refractivity contribution is 5.78. The number of fused-ring (bicyclic) bond motifs is 1. The van der Waals surface area contributed by atoms with Crippen molar-refractivity contribution < 1.29 is 4.79 Å². The molecule has 0 spiro atoms. The fourth-order valence-electron chi connectivity index (χ4n) is 3.81. The monoisotopic (exact) mass is 371 g/mol. The molecule has 8 heteroatoms. The van der Waals surface area contributed by atoms with Crippen LogP contribution in [0.25, 0.3) is 5.65 Å². The van der Waals surface area contributed by atoms with E-state index in [2.05, 4.69) is 40.8 Å². The zero-order chi connectivity index (χ0) is 19.0. The van der Waals surface area contributed by atoms with Crippen molar-refractivity contribution in [3.05, 3.63) is 18.0 Å². The molecule has 2 aliphatic heterocycles. The fourth-order valence-corrected chi connectivity index (χ4v) is 3.81. The molecule has 8 nitrogen and oxygen atoms in total. The Morgan fingerprint density at radius 3 is 2.37 bits per heavy atom. The molecule has 0 unspecified atom stereocenters. The van der Waals surface area contributed by atoms with Crippen LogP contribution in [0.3, 0.4) is 0 Å². The number of carbonyl (C=O) groups excluding carboxylic acids is 1. The van der Waals surface area contributed by atoms with Crippen molar-refractivity contribution in [2.45, 2.75) is 39.0 Å². The van der Waals surface area contributed by atoms with E-state index in [9.17, 15) is 4.79 Å². The molecule has 2 aliphatic rings. The SMILES string of the molecule is CC(C)(C)c1nnc2ccc(N3CCN(CC(=O)N4CCCC4)CC3)nn12. The van der Waals surface area contributed by atoms with Gasteiger partial charge in [0.15, 0.2) is 11.5 Å². The minimum absolute atomic E-state index is 0.111. The van der Waals surface area contributed by atoms with Gasteiger partial charge in [-0.05, 0) is 25.0 Å². The fraction of sp³-hybridized carbons (Fsp3) is 0.684. The first kappa shape index (κ1) is 18.2. The smallest absolute Gasteiger partial charge is 0.236 e. The Labute approximate surface area is 160 Å². The zero-order valence-corrected chi connectivity index (χ0v) is 16.6. The zero-order valence-electron chi connectivity index (χ0n) is 16.6. The standard InChI is InChI=1S/C19H29N7O/c1-19(2,3)18-21-20-15-6-7-16(22-26(15)18)24-12-10-23(11-13-24)14-17(27)25-8-4-5-9-25/h6-7H,4-5,8-14H2,1-3H3.